The number of hydrogen-bond donors (Lipinski definition) is 2. The number of amides is 1. The van der Waals surface area contributed by atoms with Gasteiger partial charge in [-0.3, -0.25) is 4.79 Å². The Morgan fingerprint density at radius 3 is 2.95 bits per heavy atom. The molecule has 0 aliphatic carbocycles. The zero-order chi connectivity index (χ0) is 14.4. The number of nitrogens with one attached hydrogen (secondary N) is 1. The van der Waals surface area contributed by atoms with Crippen LogP contribution in [0.4, 0.5) is 0 Å². The Balaban J connectivity index is 1.80. The summed E-state index contributed by atoms with van der Waals surface area (Å²) in [5.74, 6) is 1.20. The quantitative estimate of drug-likeness (QED) is 0.714. The zero-order valence-corrected chi connectivity index (χ0v) is 12.5. The number of aromatic nitrogens is 3. The Morgan fingerprint density at radius 1 is 1.50 bits per heavy atom. The fourth-order valence-corrected chi connectivity index (χ4v) is 2.92. The van der Waals surface area contributed by atoms with Crippen molar-refractivity contribution in [1.82, 2.24) is 20.1 Å². The molecule has 3 N–H and O–H groups in total. The molecule has 1 aliphatic heterocycles. The number of carbonyl (C=O) groups is 1. The Kier molecular flexibility index (Phi) is 5.81. The first-order valence-corrected chi connectivity index (χ1v) is 7.79. The first kappa shape index (κ1) is 15.3. The average molecular weight is 299 g/mol. The van der Waals surface area contributed by atoms with Gasteiger partial charge in [-0.2, -0.15) is 0 Å². The van der Waals surface area contributed by atoms with Gasteiger partial charge in [0.2, 0.25) is 5.91 Å². The molecule has 2 heterocycles. The van der Waals surface area contributed by atoms with E-state index in [4.69, 9.17) is 10.5 Å². The highest BCUT2D eigenvalue weighted by molar-refractivity contribution is 7.99. The molecule has 8 heteroatoms. The van der Waals surface area contributed by atoms with Crippen molar-refractivity contribution in [1.29, 1.82) is 0 Å². The van der Waals surface area contributed by atoms with E-state index in [1.54, 1.807) is 0 Å². The van der Waals surface area contributed by atoms with E-state index in [9.17, 15) is 4.79 Å². The average Bonchev–Trinajstić information content (AvgIpc) is 2.79. The first-order valence-electron chi connectivity index (χ1n) is 6.80. The van der Waals surface area contributed by atoms with Gasteiger partial charge in [-0.15, -0.1) is 10.2 Å². The lowest BCUT2D eigenvalue weighted by atomic mass is 10.1. The van der Waals surface area contributed by atoms with Crippen molar-refractivity contribution in [2.24, 2.45) is 5.73 Å². The van der Waals surface area contributed by atoms with Crippen LogP contribution in [0, 0.1) is 6.92 Å². The van der Waals surface area contributed by atoms with Gasteiger partial charge in [-0.1, -0.05) is 11.8 Å². The van der Waals surface area contributed by atoms with Crippen LogP contribution in [-0.2, 0) is 16.1 Å². The first-order chi connectivity index (χ1) is 9.70. The Morgan fingerprint density at radius 2 is 2.25 bits per heavy atom. The molecule has 1 aliphatic rings. The SMILES string of the molecule is Cc1nnc(SCC(=O)NC2CCOCC2)n1CCN. The molecule has 112 valence electrons. The van der Waals surface area contributed by atoms with Crippen LogP contribution in [0.25, 0.3) is 0 Å². The molecule has 0 radical (unpaired) electrons. The minimum Gasteiger partial charge on any atom is -0.381 e. The normalized spacial score (nSPS) is 16.3. The lowest BCUT2D eigenvalue weighted by Gasteiger charge is -2.22. The summed E-state index contributed by atoms with van der Waals surface area (Å²) in [5, 5.41) is 11.9. The van der Waals surface area contributed by atoms with Gasteiger partial charge >= 0.3 is 0 Å². The maximum absolute atomic E-state index is 11.9. The molecular weight excluding hydrogens is 278 g/mol. The predicted octanol–water partition coefficient (Wildman–Crippen LogP) is -0.0675. The van der Waals surface area contributed by atoms with E-state index in [0.29, 0.717) is 18.8 Å². The van der Waals surface area contributed by atoms with E-state index in [0.717, 1.165) is 37.0 Å². The molecule has 1 aromatic heterocycles. The van der Waals surface area contributed by atoms with Gasteiger partial charge in [0, 0.05) is 32.3 Å². The fourth-order valence-electron chi connectivity index (χ4n) is 2.10. The van der Waals surface area contributed by atoms with Crippen LogP contribution in [0.5, 0.6) is 0 Å². The molecule has 0 bridgehead atoms. The number of thioether (sulfide) groups is 1. The van der Waals surface area contributed by atoms with E-state index < -0.39 is 0 Å². The van der Waals surface area contributed by atoms with E-state index in [1.165, 1.54) is 11.8 Å². The van der Waals surface area contributed by atoms with E-state index in [1.807, 2.05) is 11.5 Å². The van der Waals surface area contributed by atoms with Crippen molar-refractivity contribution in [3.63, 3.8) is 0 Å². The predicted molar refractivity (Wildman–Crippen MR) is 76.5 cm³/mol. The highest BCUT2D eigenvalue weighted by atomic mass is 32.2. The molecule has 1 fully saturated rings. The summed E-state index contributed by atoms with van der Waals surface area (Å²) >= 11 is 1.40. The van der Waals surface area contributed by atoms with Crippen molar-refractivity contribution in [3.05, 3.63) is 5.82 Å². The molecule has 0 unspecified atom stereocenters. The van der Waals surface area contributed by atoms with Gasteiger partial charge in [0.15, 0.2) is 5.16 Å². The van der Waals surface area contributed by atoms with Crippen LogP contribution >= 0.6 is 11.8 Å². The summed E-state index contributed by atoms with van der Waals surface area (Å²) in [6, 6.07) is 0.237. The molecule has 0 spiro atoms. The van der Waals surface area contributed by atoms with Gasteiger partial charge in [0.25, 0.3) is 0 Å². The summed E-state index contributed by atoms with van der Waals surface area (Å²) in [5.41, 5.74) is 5.56. The third kappa shape index (κ3) is 4.19. The number of aryl methyl sites for hydroxylation is 1. The van der Waals surface area contributed by atoms with Crippen LogP contribution in [0.1, 0.15) is 18.7 Å². The molecule has 7 nitrogen and oxygen atoms in total. The van der Waals surface area contributed by atoms with Crippen LogP contribution in [0.2, 0.25) is 0 Å². The third-order valence-corrected chi connectivity index (χ3v) is 4.14. The van der Waals surface area contributed by atoms with E-state index in [-0.39, 0.29) is 11.9 Å². The lowest BCUT2D eigenvalue weighted by molar-refractivity contribution is -0.119. The van der Waals surface area contributed by atoms with Crippen molar-refractivity contribution < 1.29 is 9.53 Å². The molecular formula is C12H21N5O2S. The van der Waals surface area contributed by atoms with E-state index >= 15 is 0 Å². The summed E-state index contributed by atoms with van der Waals surface area (Å²) in [4.78, 5) is 11.9. The number of hydrogen-bond acceptors (Lipinski definition) is 6. The van der Waals surface area contributed by atoms with Gasteiger partial charge in [0.1, 0.15) is 5.82 Å². The monoisotopic (exact) mass is 299 g/mol. The standard InChI is InChI=1S/C12H21N5O2S/c1-9-15-16-12(17(9)5-4-13)20-8-11(18)14-10-2-6-19-7-3-10/h10H,2-8,13H2,1H3,(H,14,18). The molecule has 0 saturated carbocycles. The maximum Gasteiger partial charge on any atom is 0.230 e. The van der Waals surface area contributed by atoms with Gasteiger partial charge < -0.3 is 20.4 Å². The number of nitrogens with two attached hydrogens (primary N) is 1. The van der Waals surface area contributed by atoms with Crippen LogP contribution < -0.4 is 11.1 Å². The second-order valence-corrected chi connectivity index (χ2v) is 5.66. The molecule has 1 aromatic rings. The molecule has 1 saturated heterocycles. The number of rotatable bonds is 6. The second kappa shape index (κ2) is 7.61. The molecule has 2 rings (SSSR count). The maximum atomic E-state index is 11.9. The molecule has 20 heavy (non-hydrogen) atoms. The van der Waals surface area contributed by atoms with Crippen molar-refractivity contribution in [2.75, 3.05) is 25.5 Å². The molecule has 1 amide bonds. The van der Waals surface area contributed by atoms with Gasteiger partial charge in [0.05, 0.1) is 5.75 Å². The largest absolute Gasteiger partial charge is 0.381 e. The second-order valence-electron chi connectivity index (χ2n) is 4.71. The van der Waals surface area contributed by atoms with E-state index in [2.05, 4.69) is 15.5 Å². The number of ether oxygens (including phenoxy) is 1. The summed E-state index contributed by atoms with van der Waals surface area (Å²) in [7, 11) is 0. The topological polar surface area (TPSA) is 95.1 Å². The highest BCUT2D eigenvalue weighted by Crippen LogP contribution is 2.16. The highest BCUT2D eigenvalue weighted by Gasteiger charge is 2.17. The third-order valence-electron chi connectivity index (χ3n) is 3.17. The van der Waals surface area contributed by atoms with Crippen molar-refractivity contribution in [3.8, 4) is 0 Å². The summed E-state index contributed by atoms with van der Waals surface area (Å²) in [6.45, 7) is 4.53. The van der Waals surface area contributed by atoms with Gasteiger partial charge in [-0.05, 0) is 19.8 Å². The van der Waals surface area contributed by atoms with Crippen LogP contribution in [0.3, 0.4) is 0 Å². The Labute approximate surface area is 122 Å². The number of carbonyl (C=O) groups excluding carboxylic acids is 1. The minimum atomic E-state index is 0.0295. The van der Waals surface area contributed by atoms with Crippen LogP contribution in [0.15, 0.2) is 5.16 Å². The van der Waals surface area contributed by atoms with Gasteiger partial charge in [-0.25, -0.2) is 0 Å². The Hall–Kier alpha value is -1.12. The fraction of sp³-hybridized carbons (Fsp3) is 0.750. The number of nitrogens with zero attached hydrogens (tertiary/aromatic N) is 3. The lowest BCUT2D eigenvalue weighted by Crippen LogP contribution is -2.39. The molecule has 0 atom stereocenters. The summed E-state index contributed by atoms with van der Waals surface area (Å²) < 4.78 is 7.20. The zero-order valence-electron chi connectivity index (χ0n) is 11.7. The Bertz CT molecular complexity index is 445. The van der Waals surface area contributed by atoms with Crippen LogP contribution in [-0.4, -0.2) is 52.2 Å². The summed E-state index contributed by atoms with van der Waals surface area (Å²) in [6.07, 6.45) is 1.78. The smallest absolute Gasteiger partial charge is 0.230 e. The molecule has 0 aromatic carbocycles. The van der Waals surface area contributed by atoms with Crippen molar-refractivity contribution >= 4 is 17.7 Å². The van der Waals surface area contributed by atoms with Crippen molar-refractivity contribution in [2.45, 2.75) is 37.5 Å². The minimum absolute atomic E-state index is 0.0295.